The fourth-order valence-corrected chi connectivity index (χ4v) is 2.91. The molecule has 0 aliphatic heterocycles. The normalized spacial score (nSPS) is 10.5. The number of thioether (sulfide) groups is 1. The lowest BCUT2D eigenvalue weighted by atomic mass is 10.1. The first-order chi connectivity index (χ1) is 9.08. The molecule has 0 unspecified atom stereocenters. The molecule has 0 aromatic heterocycles. The van der Waals surface area contributed by atoms with E-state index in [4.69, 9.17) is 0 Å². The fraction of sp³-hybridized carbons (Fsp3) is 0.133. The lowest BCUT2D eigenvalue weighted by Crippen LogP contribution is -2.05. The summed E-state index contributed by atoms with van der Waals surface area (Å²) < 4.78 is 14.1. The van der Waals surface area contributed by atoms with E-state index in [1.807, 2.05) is 31.2 Å². The van der Waals surface area contributed by atoms with Gasteiger partial charge in [0.15, 0.2) is 5.78 Å². The maximum atomic E-state index is 13.8. The Bertz CT molecular complexity index is 613. The summed E-state index contributed by atoms with van der Waals surface area (Å²) >= 11 is 4.51. The van der Waals surface area contributed by atoms with E-state index in [2.05, 4.69) is 15.9 Å². The van der Waals surface area contributed by atoms with Gasteiger partial charge in [0, 0.05) is 4.90 Å². The molecule has 2 aromatic rings. The molecule has 0 N–H and O–H groups in total. The molecule has 0 atom stereocenters. The second-order valence-electron chi connectivity index (χ2n) is 4.13. The summed E-state index contributed by atoms with van der Waals surface area (Å²) in [5.74, 6) is -0.459. The minimum absolute atomic E-state index is 0.134. The van der Waals surface area contributed by atoms with E-state index < -0.39 is 5.82 Å². The Balaban J connectivity index is 2.08. The Morgan fingerprint density at radius 1 is 1.26 bits per heavy atom. The van der Waals surface area contributed by atoms with Gasteiger partial charge >= 0.3 is 0 Å². The SMILES string of the molecule is Cc1cccc(SCC(=O)c2cccc(Br)c2F)c1. The summed E-state index contributed by atoms with van der Waals surface area (Å²) in [6.45, 7) is 2.00. The maximum Gasteiger partial charge on any atom is 0.176 e. The zero-order valence-corrected chi connectivity index (χ0v) is 12.7. The highest BCUT2D eigenvalue weighted by Crippen LogP contribution is 2.23. The second-order valence-corrected chi connectivity index (χ2v) is 6.03. The van der Waals surface area contributed by atoms with Gasteiger partial charge in [-0.2, -0.15) is 0 Å². The van der Waals surface area contributed by atoms with Crippen molar-refractivity contribution in [1.29, 1.82) is 0 Å². The van der Waals surface area contributed by atoms with Crippen molar-refractivity contribution in [1.82, 2.24) is 0 Å². The molecule has 0 radical (unpaired) electrons. The number of carbonyl (C=O) groups is 1. The standard InChI is InChI=1S/C15H12BrFOS/c1-10-4-2-5-11(8-10)19-9-14(18)12-6-3-7-13(16)15(12)17/h2-8H,9H2,1H3. The Morgan fingerprint density at radius 3 is 2.74 bits per heavy atom. The van der Waals surface area contributed by atoms with E-state index in [1.165, 1.54) is 17.8 Å². The third kappa shape index (κ3) is 3.67. The number of halogens is 2. The van der Waals surface area contributed by atoms with Crippen molar-refractivity contribution < 1.29 is 9.18 Å². The van der Waals surface area contributed by atoms with E-state index in [0.29, 0.717) is 4.47 Å². The minimum atomic E-state index is -0.489. The molecule has 2 aromatic carbocycles. The van der Waals surface area contributed by atoms with E-state index in [9.17, 15) is 9.18 Å². The average molecular weight is 339 g/mol. The van der Waals surface area contributed by atoms with Gasteiger partial charge in [-0.3, -0.25) is 4.79 Å². The number of aryl methyl sites for hydroxylation is 1. The molecule has 0 aliphatic carbocycles. The Morgan fingerprint density at radius 2 is 2.00 bits per heavy atom. The van der Waals surface area contributed by atoms with Crippen LogP contribution in [-0.2, 0) is 0 Å². The number of ketones is 1. The average Bonchev–Trinajstić information content (AvgIpc) is 2.39. The third-order valence-electron chi connectivity index (χ3n) is 2.61. The van der Waals surface area contributed by atoms with Gasteiger partial charge in [0.25, 0.3) is 0 Å². The first-order valence-electron chi connectivity index (χ1n) is 5.74. The second kappa shape index (κ2) is 6.35. The first-order valence-corrected chi connectivity index (χ1v) is 7.52. The molecule has 0 saturated carbocycles. The molecule has 0 fully saturated rings. The van der Waals surface area contributed by atoms with Gasteiger partial charge in [-0.1, -0.05) is 23.8 Å². The van der Waals surface area contributed by atoms with Crippen LogP contribution in [0.15, 0.2) is 51.8 Å². The number of carbonyl (C=O) groups excluding carboxylic acids is 1. The van der Waals surface area contributed by atoms with Gasteiger partial charge < -0.3 is 0 Å². The molecular weight excluding hydrogens is 327 g/mol. The topological polar surface area (TPSA) is 17.1 Å². The van der Waals surface area contributed by atoms with Crippen LogP contribution < -0.4 is 0 Å². The molecule has 1 nitrogen and oxygen atoms in total. The molecule has 0 heterocycles. The third-order valence-corrected chi connectivity index (χ3v) is 4.22. The van der Waals surface area contributed by atoms with Crippen LogP contribution >= 0.6 is 27.7 Å². The number of hydrogen-bond acceptors (Lipinski definition) is 2. The molecule has 19 heavy (non-hydrogen) atoms. The summed E-state index contributed by atoms with van der Waals surface area (Å²) in [7, 11) is 0. The zero-order chi connectivity index (χ0) is 13.8. The molecule has 4 heteroatoms. The predicted molar refractivity (Wildman–Crippen MR) is 80.3 cm³/mol. The van der Waals surface area contributed by atoms with Crippen molar-refractivity contribution >= 4 is 33.5 Å². The summed E-state index contributed by atoms with van der Waals surface area (Å²) in [6.07, 6.45) is 0. The molecule has 2 rings (SSSR count). The van der Waals surface area contributed by atoms with E-state index in [0.717, 1.165) is 10.5 Å². The van der Waals surface area contributed by atoms with Crippen LogP contribution in [0.4, 0.5) is 4.39 Å². The van der Waals surface area contributed by atoms with Crippen molar-refractivity contribution in [3.63, 3.8) is 0 Å². The van der Waals surface area contributed by atoms with Gasteiger partial charge in [-0.05, 0) is 47.1 Å². The van der Waals surface area contributed by atoms with Crippen LogP contribution in [0.2, 0.25) is 0 Å². The number of benzene rings is 2. The molecule has 0 bridgehead atoms. The van der Waals surface area contributed by atoms with E-state index in [-0.39, 0.29) is 17.1 Å². The zero-order valence-electron chi connectivity index (χ0n) is 10.3. The maximum absolute atomic E-state index is 13.8. The number of hydrogen-bond donors (Lipinski definition) is 0. The van der Waals surface area contributed by atoms with Crippen LogP contribution in [0.3, 0.4) is 0 Å². The monoisotopic (exact) mass is 338 g/mol. The number of rotatable bonds is 4. The molecule has 98 valence electrons. The highest BCUT2D eigenvalue weighted by Gasteiger charge is 2.13. The predicted octanol–water partition coefficient (Wildman–Crippen LogP) is 4.87. The van der Waals surface area contributed by atoms with Crippen LogP contribution in [0.5, 0.6) is 0 Å². The Labute approximate surface area is 124 Å². The fourth-order valence-electron chi connectivity index (χ4n) is 1.65. The first kappa shape index (κ1) is 14.3. The minimum Gasteiger partial charge on any atom is -0.293 e. The molecule has 0 spiro atoms. The highest BCUT2D eigenvalue weighted by atomic mass is 79.9. The Kier molecular flexibility index (Phi) is 4.77. The van der Waals surface area contributed by atoms with Crippen molar-refractivity contribution in [2.75, 3.05) is 5.75 Å². The van der Waals surface area contributed by atoms with Gasteiger partial charge in [0.1, 0.15) is 5.82 Å². The van der Waals surface area contributed by atoms with Gasteiger partial charge in [0.2, 0.25) is 0 Å². The smallest absolute Gasteiger partial charge is 0.176 e. The van der Waals surface area contributed by atoms with Crippen LogP contribution in [0, 0.1) is 12.7 Å². The van der Waals surface area contributed by atoms with E-state index >= 15 is 0 Å². The van der Waals surface area contributed by atoms with Gasteiger partial charge in [-0.15, -0.1) is 11.8 Å². The van der Waals surface area contributed by atoms with Gasteiger partial charge in [0.05, 0.1) is 15.8 Å². The largest absolute Gasteiger partial charge is 0.293 e. The lowest BCUT2D eigenvalue weighted by Gasteiger charge is -2.04. The van der Waals surface area contributed by atoms with Crippen LogP contribution in [0.25, 0.3) is 0 Å². The number of Topliss-reactive ketones (excluding diaryl/α,β-unsaturated/α-hetero) is 1. The van der Waals surface area contributed by atoms with Crippen molar-refractivity contribution in [2.45, 2.75) is 11.8 Å². The summed E-state index contributed by atoms with van der Waals surface area (Å²) in [5, 5.41) is 0. The van der Waals surface area contributed by atoms with Gasteiger partial charge in [-0.25, -0.2) is 4.39 Å². The van der Waals surface area contributed by atoms with Crippen LogP contribution in [0.1, 0.15) is 15.9 Å². The van der Waals surface area contributed by atoms with E-state index in [1.54, 1.807) is 12.1 Å². The highest BCUT2D eigenvalue weighted by molar-refractivity contribution is 9.10. The molecule has 0 amide bonds. The van der Waals surface area contributed by atoms with Crippen LogP contribution in [-0.4, -0.2) is 11.5 Å². The Hall–Kier alpha value is -1.13. The van der Waals surface area contributed by atoms with Crippen molar-refractivity contribution in [2.24, 2.45) is 0 Å². The summed E-state index contributed by atoms with van der Waals surface area (Å²) in [6, 6.07) is 12.7. The molecule has 0 saturated heterocycles. The lowest BCUT2D eigenvalue weighted by molar-refractivity contribution is 0.101. The summed E-state index contributed by atoms with van der Waals surface area (Å²) in [5.41, 5.74) is 1.28. The molecule has 0 aliphatic rings. The van der Waals surface area contributed by atoms with Crippen molar-refractivity contribution in [3.05, 3.63) is 63.9 Å². The van der Waals surface area contributed by atoms with Crippen molar-refractivity contribution in [3.8, 4) is 0 Å². The quantitative estimate of drug-likeness (QED) is 0.584. The molecular formula is C15H12BrFOS. The summed E-state index contributed by atoms with van der Waals surface area (Å²) in [4.78, 5) is 13.0.